The van der Waals surface area contributed by atoms with Gasteiger partial charge in [-0.15, -0.1) is 0 Å². The first-order valence-electron chi connectivity index (χ1n) is 9.60. The van der Waals surface area contributed by atoms with Gasteiger partial charge < -0.3 is 0 Å². The summed E-state index contributed by atoms with van der Waals surface area (Å²) < 4.78 is 0. The number of hydrogen-bond acceptors (Lipinski definition) is 0. The van der Waals surface area contributed by atoms with Crippen molar-refractivity contribution in [2.45, 2.75) is 44.7 Å². The minimum absolute atomic E-state index is 0.367. The van der Waals surface area contributed by atoms with Crippen molar-refractivity contribution in [1.29, 1.82) is 0 Å². The molecular formula is C25H27B. The molecule has 0 bridgehead atoms. The minimum Gasteiger partial charge on any atom is -0.0911 e. The lowest BCUT2D eigenvalue weighted by molar-refractivity contribution is 0.628. The molecule has 130 valence electrons. The highest BCUT2D eigenvalue weighted by Crippen LogP contribution is 2.73. The van der Waals surface area contributed by atoms with E-state index in [1.54, 1.807) is 0 Å². The first-order valence-corrected chi connectivity index (χ1v) is 9.60. The van der Waals surface area contributed by atoms with E-state index in [9.17, 15) is 0 Å². The Morgan fingerprint density at radius 3 is 2.38 bits per heavy atom. The molecule has 0 aromatic heterocycles. The number of allylic oxidation sites excluding steroid dienone is 6. The van der Waals surface area contributed by atoms with Gasteiger partial charge in [-0.25, -0.2) is 0 Å². The standard InChI is InChI=1S/C25H27B/c1-18-11-9-7-6-8-10-12-23-21(18)15-13-19-17-20(14-16-22(19)23)26-24(2,3)25(26,4)5/h6-7,9-17H,1,8H2,2-5H3/b7-6-,11-9-,12-10-. The summed E-state index contributed by atoms with van der Waals surface area (Å²) >= 11 is 0. The van der Waals surface area contributed by atoms with E-state index in [1.807, 2.05) is 0 Å². The van der Waals surface area contributed by atoms with E-state index in [4.69, 9.17) is 0 Å². The van der Waals surface area contributed by atoms with Crippen molar-refractivity contribution in [3.63, 3.8) is 0 Å². The molecule has 0 unspecified atom stereocenters. The van der Waals surface area contributed by atoms with Gasteiger partial charge in [0.05, 0.1) is 0 Å². The van der Waals surface area contributed by atoms with Crippen molar-refractivity contribution in [3.8, 4) is 0 Å². The average Bonchev–Trinajstić information content (AvgIpc) is 3.02. The van der Waals surface area contributed by atoms with Gasteiger partial charge in [-0.1, -0.05) is 117 Å². The zero-order valence-electron chi connectivity index (χ0n) is 16.3. The fraction of sp³-hybridized carbons (Fsp3) is 0.280. The molecule has 0 atom stereocenters. The van der Waals surface area contributed by atoms with Crippen molar-refractivity contribution >= 4 is 34.6 Å². The van der Waals surface area contributed by atoms with Gasteiger partial charge in [0.15, 0.2) is 6.71 Å². The van der Waals surface area contributed by atoms with Crippen LogP contribution in [0, 0.1) is 0 Å². The van der Waals surface area contributed by atoms with Crippen LogP contribution in [0.2, 0.25) is 10.6 Å². The van der Waals surface area contributed by atoms with E-state index in [1.165, 1.54) is 27.4 Å². The van der Waals surface area contributed by atoms with Gasteiger partial charge in [-0.2, -0.15) is 0 Å². The highest BCUT2D eigenvalue weighted by atomic mass is 14.5. The molecule has 0 N–H and O–H groups in total. The molecule has 4 rings (SSSR count). The van der Waals surface area contributed by atoms with Crippen LogP contribution in [0.25, 0.3) is 22.4 Å². The van der Waals surface area contributed by atoms with Gasteiger partial charge in [0.1, 0.15) is 0 Å². The molecule has 1 aliphatic carbocycles. The molecule has 0 amide bonds. The lowest BCUT2D eigenvalue weighted by Crippen LogP contribution is -2.20. The van der Waals surface area contributed by atoms with Crippen molar-refractivity contribution in [3.05, 3.63) is 78.4 Å². The van der Waals surface area contributed by atoms with Gasteiger partial charge in [0.25, 0.3) is 0 Å². The molecule has 0 radical (unpaired) electrons. The van der Waals surface area contributed by atoms with Crippen molar-refractivity contribution in [1.82, 2.24) is 0 Å². The van der Waals surface area contributed by atoms with Gasteiger partial charge in [-0.05, 0) is 33.9 Å². The largest absolute Gasteiger partial charge is 0.187 e. The fourth-order valence-corrected chi connectivity index (χ4v) is 4.72. The summed E-state index contributed by atoms with van der Waals surface area (Å²) in [6.45, 7) is 14.5. The predicted octanol–water partition coefficient (Wildman–Crippen LogP) is 6.66. The number of benzene rings is 2. The Labute approximate surface area is 158 Å². The van der Waals surface area contributed by atoms with Crippen LogP contribution in [-0.2, 0) is 0 Å². The minimum atomic E-state index is 0.367. The van der Waals surface area contributed by atoms with Gasteiger partial charge >= 0.3 is 0 Å². The van der Waals surface area contributed by atoms with Crippen LogP contribution in [0.5, 0.6) is 0 Å². The molecule has 0 nitrogen and oxygen atoms in total. The van der Waals surface area contributed by atoms with E-state index in [0.717, 1.165) is 12.0 Å². The smallest absolute Gasteiger partial charge is 0.0911 e. The Morgan fingerprint density at radius 1 is 0.885 bits per heavy atom. The Bertz CT molecular complexity index is 969. The summed E-state index contributed by atoms with van der Waals surface area (Å²) in [7, 11) is 0. The molecule has 1 heteroatoms. The van der Waals surface area contributed by atoms with Crippen LogP contribution in [0.15, 0.2) is 67.3 Å². The molecule has 2 aliphatic rings. The van der Waals surface area contributed by atoms with Crippen molar-refractivity contribution in [2.75, 3.05) is 0 Å². The third kappa shape index (κ3) is 2.53. The lowest BCUT2D eigenvalue weighted by Gasteiger charge is -2.13. The zero-order valence-corrected chi connectivity index (χ0v) is 16.3. The van der Waals surface area contributed by atoms with Crippen LogP contribution in [-0.4, -0.2) is 6.71 Å². The Balaban J connectivity index is 1.85. The maximum absolute atomic E-state index is 4.28. The summed E-state index contributed by atoms with van der Waals surface area (Å²) in [5.74, 6) is 0. The Kier molecular flexibility index (Phi) is 3.88. The summed E-state index contributed by atoms with van der Waals surface area (Å²) in [4.78, 5) is 0. The molecule has 1 fully saturated rings. The van der Waals surface area contributed by atoms with E-state index in [2.05, 4.69) is 101 Å². The quantitative estimate of drug-likeness (QED) is 0.510. The molecule has 0 saturated carbocycles. The number of rotatable bonds is 1. The predicted molar refractivity (Wildman–Crippen MR) is 118 cm³/mol. The second-order valence-corrected chi connectivity index (χ2v) is 8.83. The van der Waals surface area contributed by atoms with Crippen LogP contribution in [0.4, 0.5) is 0 Å². The molecule has 0 spiro atoms. The maximum atomic E-state index is 4.28. The molecule has 1 heterocycles. The SMILES string of the molecule is C=C1/C=C\C=C/C/C=C\c2c1ccc1cc(B3C(C)(C)C3(C)C)ccc21. The normalized spacial score (nSPS) is 24.0. The third-order valence-electron chi connectivity index (χ3n) is 6.89. The summed E-state index contributed by atoms with van der Waals surface area (Å²) in [6, 6.07) is 11.6. The molecular weight excluding hydrogens is 311 g/mol. The second kappa shape index (κ2) is 5.88. The Hall–Kier alpha value is -2.28. The van der Waals surface area contributed by atoms with E-state index < -0.39 is 0 Å². The van der Waals surface area contributed by atoms with Gasteiger partial charge in [0.2, 0.25) is 0 Å². The summed E-state index contributed by atoms with van der Waals surface area (Å²) in [5, 5.41) is 3.38. The molecule has 26 heavy (non-hydrogen) atoms. The molecule has 2 aromatic rings. The molecule has 2 aromatic carbocycles. The van der Waals surface area contributed by atoms with E-state index in [-0.39, 0.29) is 0 Å². The lowest BCUT2D eigenvalue weighted by atomic mass is 9.53. The Morgan fingerprint density at radius 2 is 1.65 bits per heavy atom. The second-order valence-electron chi connectivity index (χ2n) is 8.83. The highest BCUT2D eigenvalue weighted by molar-refractivity contribution is 6.90. The molecule has 1 aliphatic heterocycles. The zero-order chi connectivity index (χ0) is 18.5. The van der Waals surface area contributed by atoms with Crippen LogP contribution < -0.4 is 5.46 Å². The van der Waals surface area contributed by atoms with E-state index in [0.29, 0.717) is 17.3 Å². The molecule has 1 saturated heterocycles. The highest BCUT2D eigenvalue weighted by Gasteiger charge is 2.67. The fourth-order valence-electron chi connectivity index (χ4n) is 4.72. The van der Waals surface area contributed by atoms with Crippen LogP contribution >= 0.6 is 0 Å². The summed E-state index contributed by atoms with van der Waals surface area (Å²) in [6.07, 6.45) is 13.9. The number of fused-ring (bicyclic) bond motifs is 3. The summed E-state index contributed by atoms with van der Waals surface area (Å²) in [5.41, 5.74) is 5.04. The number of hydrogen-bond donors (Lipinski definition) is 0. The van der Waals surface area contributed by atoms with Crippen molar-refractivity contribution < 1.29 is 0 Å². The van der Waals surface area contributed by atoms with E-state index >= 15 is 0 Å². The monoisotopic (exact) mass is 338 g/mol. The topological polar surface area (TPSA) is 0 Å². The maximum Gasteiger partial charge on any atom is 0.187 e. The first kappa shape index (κ1) is 17.2. The van der Waals surface area contributed by atoms with Crippen LogP contribution in [0.3, 0.4) is 0 Å². The first-order chi connectivity index (χ1) is 12.3. The van der Waals surface area contributed by atoms with Gasteiger partial charge in [-0.3, -0.25) is 0 Å². The average molecular weight is 338 g/mol. The van der Waals surface area contributed by atoms with Crippen LogP contribution in [0.1, 0.15) is 45.2 Å². The van der Waals surface area contributed by atoms with Crippen molar-refractivity contribution in [2.24, 2.45) is 0 Å². The third-order valence-corrected chi connectivity index (χ3v) is 6.89. The van der Waals surface area contributed by atoms with Gasteiger partial charge in [0, 0.05) is 0 Å².